The molecule has 0 aliphatic heterocycles. The summed E-state index contributed by atoms with van der Waals surface area (Å²) in [6, 6.07) is 13.1. The van der Waals surface area contributed by atoms with E-state index in [-0.39, 0.29) is 25.2 Å². The summed E-state index contributed by atoms with van der Waals surface area (Å²) in [5.74, 6) is -3.36. The molecular weight excluding hydrogens is 332 g/mol. The number of carbonyl (C=O) groups excluding carboxylic acids is 2. The summed E-state index contributed by atoms with van der Waals surface area (Å²) in [4.78, 5) is 25.0. The monoisotopic (exact) mass is 352 g/mol. The van der Waals surface area contributed by atoms with Crippen LogP contribution in [0.1, 0.15) is 31.7 Å². The third-order valence-electron chi connectivity index (χ3n) is 4.49. The summed E-state index contributed by atoms with van der Waals surface area (Å²) in [6.45, 7) is 3.48. The lowest BCUT2D eigenvalue weighted by atomic mass is 9.59. The highest BCUT2D eigenvalue weighted by atomic mass is 16.5. The third-order valence-corrected chi connectivity index (χ3v) is 4.49. The van der Waals surface area contributed by atoms with Crippen LogP contribution >= 0.6 is 0 Å². The molecule has 6 heteroatoms. The minimum absolute atomic E-state index is 0.0144. The number of benzene rings is 1. The smallest absolute Gasteiger partial charge is 0.334 e. The van der Waals surface area contributed by atoms with Gasteiger partial charge in [-0.3, -0.25) is 4.79 Å². The molecular formula is C20H20N2O4. The molecule has 0 heterocycles. The van der Waals surface area contributed by atoms with Crippen LogP contribution < -0.4 is 0 Å². The van der Waals surface area contributed by atoms with Crippen LogP contribution in [0.15, 0.2) is 42.0 Å². The Morgan fingerprint density at radius 1 is 1.12 bits per heavy atom. The van der Waals surface area contributed by atoms with Crippen LogP contribution in [0.3, 0.4) is 0 Å². The highest BCUT2D eigenvalue weighted by Gasteiger charge is 2.56. The Bertz CT molecular complexity index is 772. The Hall–Kier alpha value is -3.12. The molecule has 0 fully saturated rings. The average Bonchev–Trinajstić information content (AvgIpc) is 2.67. The molecule has 1 aromatic rings. The summed E-state index contributed by atoms with van der Waals surface area (Å²) in [7, 11) is 0. The van der Waals surface area contributed by atoms with E-state index >= 15 is 0 Å². The van der Waals surface area contributed by atoms with Crippen LogP contribution in [0, 0.1) is 34.0 Å². The van der Waals surface area contributed by atoms with Gasteiger partial charge in [0.1, 0.15) is 5.92 Å². The summed E-state index contributed by atoms with van der Waals surface area (Å²) >= 11 is 0. The Balaban J connectivity index is 2.64. The van der Waals surface area contributed by atoms with Gasteiger partial charge in [-0.1, -0.05) is 36.4 Å². The maximum absolute atomic E-state index is 12.7. The molecule has 26 heavy (non-hydrogen) atoms. The van der Waals surface area contributed by atoms with Crippen molar-refractivity contribution in [3.8, 4) is 12.1 Å². The molecule has 0 saturated carbocycles. The normalized spacial score (nSPS) is 20.8. The quantitative estimate of drug-likeness (QED) is 0.755. The van der Waals surface area contributed by atoms with Gasteiger partial charge in [-0.25, -0.2) is 4.79 Å². The van der Waals surface area contributed by atoms with Crippen molar-refractivity contribution in [1.82, 2.24) is 0 Å². The Labute approximate surface area is 152 Å². The Kier molecular flexibility index (Phi) is 6.14. The third kappa shape index (κ3) is 3.32. The molecule has 6 nitrogen and oxygen atoms in total. The van der Waals surface area contributed by atoms with Crippen molar-refractivity contribution in [3.63, 3.8) is 0 Å². The Morgan fingerprint density at radius 3 is 2.27 bits per heavy atom. The lowest BCUT2D eigenvalue weighted by Gasteiger charge is -2.38. The largest absolute Gasteiger partial charge is 0.465 e. The fraction of sp³-hybridized carbons (Fsp3) is 0.400. The van der Waals surface area contributed by atoms with Crippen molar-refractivity contribution in [1.29, 1.82) is 10.5 Å². The SMILES string of the molecule is CCOC(=O)C1=CCC(c2ccccc2)C(C#N)(C#N)C1C(=O)OCC. The second-order valence-electron chi connectivity index (χ2n) is 5.86. The van der Waals surface area contributed by atoms with E-state index in [2.05, 4.69) is 0 Å². The van der Waals surface area contributed by atoms with E-state index in [1.165, 1.54) is 0 Å². The zero-order valence-electron chi connectivity index (χ0n) is 14.8. The van der Waals surface area contributed by atoms with Crippen molar-refractivity contribution in [3.05, 3.63) is 47.5 Å². The van der Waals surface area contributed by atoms with Gasteiger partial charge in [0.2, 0.25) is 0 Å². The molecule has 0 bridgehead atoms. The number of allylic oxidation sites excluding steroid dienone is 1. The first-order chi connectivity index (χ1) is 12.6. The minimum Gasteiger partial charge on any atom is -0.465 e. The van der Waals surface area contributed by atoms with Crippen molar-refractivity contribution in [2.45, 2.75) is 26.2 Å². The molecule has 2 unspecified atom stereocenters. The van der Waals surface area contributed by atoms with Crippen LogP contribution in [-0.4, -0.2) is 25.2 Å². The molecule has 0 amide bonds. The van der Waals surface area contributed by atoms with Gasteiger partial charge in [0, 0.05) is 5.92 Å². The van der Waals surface area contributed by atoms with Gasteiger partial charge in [-0.2, -0.15) is 10.5 Å². The molecule has 0 spiro atoms. The first kappa shape index (κ1) is 19.2. The van der Waals surface area contributed by atoms with Crippen LogP contribution in [0.4, 0.5) is 0 Å². The van der Waals surface area contributed by atoms with Gasteiger partial charge in [-0.15, -0.1) is 0 Å². The zero-order chi connectivity index (χ0) is 19.2. The fourth-order valence-electron chi connectivity index (χ4n) is 3.34. The van der Waals surface area contributed by atoms with Crippen molar-refractivity contribution in [2.75, 3.05) is 13.2 Å². The molecule has 0 N–H and O–H groups in total. The molecule has 1 aromatic carbocycles. The van der Waals surface area contributed by atoms with Crippen molar-refractivity contribution in [2.24, 2.45) is 11.3 Å². The first-order valence-electron chi connectivity index (χ1n) is 8.46. The average molecular weight is 352 g/mol. The van der Waals surface area contributed by atoms with Gasteiger partial charge in [0.05, 0.1) is 30.9 Å². The summed E-state index contributed by atoms with van der Waals surface area (Å²) in [5, 5.41) is 19.9. The maximum atomic E-state index is 12.7. The van der Waals surface area contributed by atoms with Crippen molar-refractivity contribution >= 4 is 11.9 Å². The number of nitriles is 2. The van der Waals surface area contributed by atoms with Gasteiger partial charge in [-0.05, 0) is 25.8 Å². The molecule has 0 aromatic heterocycles. The van der Waals surface area contributed by atoms with E-state index in [1.54, 1.807) is 44.2 Å². The number of hydrogen-bond acceptors (Lipinski definition) is 6. The van der Waals surface area contributed by atoms with Gasteiger partial charge < -0.3 is 9.47 Å². The molecule has 1 aliphatic carbocycles. The zero-order valence-corrected chi connectivity index (χ0v) is 14.8. The number of nitrogens with zero attached hydrogens (tertiary/aromatic N) is 2. The molecule has 2 atom stereocenters. The number of carbonyl (C=O) groups is 2. The van der Waals surface area contributed by atoms with E-state index in [0.29, 0.717) is 0 Å². The van der Waals surface area contributed by atoms with E-state index in [9.17, 15) is 20.1 Å². The van der Waals surface area contributed by atoms with Crippen LogP contribution in [0.25, 0.3) is 0 Å². The van der Waals surface area contributed by atoms with Gasteiger partial charge in [0.15, 0.2) is 5.41 Å². The molecule has 134 valence electrons. The minimum atomic E-state index is -1.76. The second kappa shape index (κ2) is 8.31. The lowest BCUT2D eigenvalue weighted by molar-refractivity contribution is -0.153. The molecule has 1 aliphatic rings. The highest BCUT2D eigenvalue weighted by molar-refractivity contribution is 5.97. The number of rotatable bonds is 5. The summed E-state index contributed by atoms with van der Waals surface area (Å²) in [5.41, 5.74) is -0.991. The van der Waals surface area contributed by atoms with Gasteiger partial charge in [0.25, 0.3) is 0 Å². The summed E-state index contributed by atoms with van der Waals surface area (Å²) in [6.07, 6.45) is 1.86. The number of ether oxygens (including phenoxy) is 2. The molecule has 0 radical (unpaired) electrons. The van der Waals surface area contributed by atoms with E-state index in [4.69, 9.17) is 9.47 Å². The van der Waals surface area contributed by atoms with E-state index in [1.807, 2.05) is 18.2 Å². The number of hydrogen-bond donors (Lipinski definition) is 0. The first-order valence-corrected chi connectivity index (χ1v) is 8.46. The summed E-state index contributed by atoms with van der Waals surface area (Å²) < 4.78 is 10.1. The van der Waals surface area contributed by atoms with Crippen molar-refractivity contribution < 1.29 is 19.1 Å². The van der Waals surface area contributed by atoms with Crippen LogP contribution in [0.2, 0.25) is 0 Å². The topological polar surface area (TPSA) is 100 Å². The highest BCUT2D eigenvalue weighted by Crippen LogP contribution is 2.50. The maximum Gasteiger partial charge on any atom is 0.334 e. The Morgan fingerprint density at radius 2 is 1.73 bits per heavy atom. The standard InChI is InChI=1S/C20H20N2O4/c1-3-25-18(23)15-10-11-16(14-8-6-5-7-9-14)20(12-21,13-22)17(15)19(24)26-4-2/h5-10,16-17H,3-4,11H2,1-2H3. The predicted octanol–water partition coefficient (Wildman–Crippen LogP) is 2.88. The van der Waals surface area contributed by atoms with Gasteiger partial charge >= 0.3 is 11.9 Å². The van der Waals surface area contributed by atoms with E-state index < -0.39 is 29.2 Å². The van der Waals surface area contributed by atoms with E-state index in [0.717, 1.165) is 5.56 Å². The van der Waals surface area contributed by atoms with Crippen LogP contribution in [-0.2, 0) is 19.1 Å². The number of esters is 2. The fourth-order valence-corrected chi connectivity index (χ4v) is 3.34. The predicted molar refractivity (Wildman–Crippen MR) is 92.3 cm³/mol. The lowest BCUT2D eigenvalue weighted by Crippen LogP contribution is -2.45. The molecule has 2 rings (SSSR count). The molecule has 0 saturated heterocycles. The van der Waals surface area contributed by atoms with Crippen LogP contribution in [0.5, 0.6) is 0 Å². The second-order valence-corrected chi connectivity index (χ2v) is 5.86.